The molecule has 0 nitrogen and oxygen atoms in total. The van der Waals surface area contributed by atoms with Crippen molar-refractivity contribution >= 4 is 64.6 Å². The fraction of sp³-hybridized carbons (Fsp3) is 0. The van der Waals surface area contributed by atoms with E-state index in [2.05, 4.69) is 158 Å². The average Bonchev–Trinajstić information content (AvgIpc) is 3.10. The van der Waals surface area contributed by atoms with Crippen molar-refractivity contribution in [2.24, 2.45) is 0 Å². The highest BCUT2D eigenvalue weighted by atomic mass is 14.2. The molecule has 0 unspecified atom stereocenters. The van der Waals surface area contributed by atoms with E-state index in [1.165, 1.54) is 98.0 Å². The maximum atomic E-state index is 2.34. The molecule has 0 atom stereocenters. The van der Waals surface area contributed by atoms with Crippen LogP contribution in [0.15, 0.2) is 158 Å². The van der Waals surface area contributed by atoms with Crippen LogP contribution < -0.4 is 0 Å². The van der Waals surface area contributed by atoms with Crippen LogP contribution in [0.3, 0.4) is 0 Å². The lowest BCUT2D eigenvalue weighted by Crippen LogP contribution is -1.91. The zero-order valence-corrected chi connectivity index (χ0v) is 24.0. The molecular weight excluding hydrogens is 528 g/mol. The number of benzene rings is 10. The Bertz CT molecular complexity index is 2660. The molecule has 0 aromatic heterocycles. The first-order chi connectivity index (χ1) is 21.8. The van der Waals surface area contributed by atoms with Gasteiger partial charge in [0.1, 0.15) is 0 Å². The van der Waals surface area contributed by atoms with Crippen molar-refractivity contribution in [2.45, 2.75) is 0 Å². The van der Waals surface area contributed by atoms with Crippen LogP contribution in [-0.2, 0) is 0 Å². The number of rotatable bonds is 3. The molecule has 10 aromatic rings. The van der Waals surface area contributed by atoms with E-state index in [4.69, 9.17) is 0 Å². The Hall–Kier alpha value is -5.72. The fourth-order valence-corrected chi connectivity index (χ4v) is 7.73. The molecule has 202 valence electrons. The van der Waals surface area contributed by atoms with E-state index in [1.807, 2.05) is 0 Å². The second kappa shape index (κ2) is 8.89. The topological polar surface area (TPSA) is 0 Å². The van der Waals surface area contributed by atoms with Crippen LogP contribution in [0.25, 0.3) is 98.0 Å². The summed E-state index contributed by atoms with van der Waals surface area (Å²) < 4.78 is 0. The van der Waals surface area contributed by atoms with E-state index in [0.717, 1.165) is 0 Å². The van der Waals surface area contributed by atoms with E-state index in [9.17, 15) is 0 Å². The predicted molar refractivity (Wildman–Crippen MR) is 190 cm³/mol. The molecule has 0 aliphatic heterocycles. The molecule has 0 saturated heterocycles. The Balaban J connectivity index is 1.21. The van der Waals surface area contributed by atoms with E-state index in [0.29, 0.717) is 0 Å². The highest BCUT2D eigenvalue weighted by molar-refractivity contribution is 6.30. The average molecular weight is 555 g/mol. The minimum Gasteiger partial charge on any atom is -0.0622 e. The first-order valence-corrected chi connectivity index (χ1v) is 15.4. The normalized spacial score (nSPS) is 12.1. The van der Waals surface area contributed by atoms with Gasteiger partial charge in [0.15, 0.2) is 0 Å². The standard InChI is InChI=1S/C44H26/c1-2-5-27(6-3-1)28-9-11-29(12-10-28)35-21-15-33-20-26-40-37(23-17-34-19-24-38(35)43(33)44(34)40)36-22-16-32-14-13-30-7-4-8-31-18-25-39(36)42(32)41(30)31/h1-26H. The molecule has 0 radical (unpaired) electrons. The molecule has 0 heteroatoms. The van der Waals surface area contributed by atoms with E-state index >= 15 is 0 Å². The van der Waals surface area contributed by atoms with Crippen LogP contribution in [0.4, 0.5) is 0 Å². The summed E-state index contributed by atoms with van der Waals surface area (Å²) in [5.41, 5.74) is 7.60. The Labute approximate surface area is 255 Å². The maximum Gasteiger partial charge on any atom is -0.00203 e. The van der Waals surface area contributed by atoms with Crippen molar-refractivity contribution in [3.8, 4) is 33.4 Å². The van der Waals surface area contributed by atoms with E-state index in [-0.39, 0.29) is 0 Å². The molecule has 0 aliphatic rings. The summed E-state index contributed by atoms with van der Waals surface area (Å²) in [6, 6.07) is 58.5. The van der Waals surface area contributed by atoms with E-state index in [1.54, 1.807) is 0 Å². The van der Waals surface area contributed by atoms with Gasteiger partial charge in [-0.05, 0) is 98.0 Å². The van der Waals surface area contributed by atoms with Crippen LogP contribution in [0.1, 0.15) is 0 Å². The molecule has 44 heavy (non-hydrogen) atoms. The summed E-state index contributed by atoms with van der Waals surface area (Å²) >= 11 is 0. The second-order valence-corrected chi connectivity index (χ2v) is 12.1. The lowest BCUT2D eigenvalue weighted by Gasteiger charge is -2.18. The molecule has 0 fully saturated rings. The Morgan fingerprint density at radius 1 is 0.205 bits per heavy atom. The molecule has 0 N–H and O–H groups in total. The van der Waals surface area contributed by atoms with Gasteiger partial charge in [0.2, 0.25) is 0 Å². The van der Waals surface area contributed by atoms with Gasteiger partial charge in [0.25, 0.3) is 0 Å². The van der Waals surface area contributed by atoms with E-state index < -0.39 is 0 Å². The highest BCUT2D eigenvalue weighted by Crippen LogP contribution is 2.45. The zero-order chi connectivity index (χ0) is 28.8. The monoisotopic (exact) mass is 554 g/mol. The third kappa shape index (κ3) is 3.28. The summed E-state index contributed by atoms with van der Waals surface area (Å²) in [6.07, 6.45) is 0. The van der Waals surface area contributed by atoms with Gasteiger partial charge in [-0.2, -0.15) is 0 Å². The summed E-state index contributed by atoms with van der Waals surface area (Å²) in [5, 5.41) is 15.9. The number of hydrogen-bond donors (Lipinski definition) is 0. The first-order valence-electron chi connectivity index (χ1n) is 15.4. The van der Waals surface area contributed by atoms with Gasteiger partial charge in [0.05, 0.1) is 0 Å². The second-order valence-electron chi connectivity index (χ2n) is 12.1. The fourth-order valence-electron chi connectivity index (χ4n) is 7.73. The molecule has 0 heterocycles. The van der Waals surface area contributed by atoms with Crippen molar-refractivity contribution in [1.82, 2.24) is 0 Å². The lowest BCUT2D eigenvalue weighted by atomic mass is 9.85. The van der Waals surface area contributed by atoms with Gasteiger partial charge in [-0.25, -0.2) is 0 Å². The SMILES string of the molecule is c1ccc(-c2ccc(-c3ccc4ccc5c(-c6ccc7ccc8cccc9ccc6c7c89)ccc6ccc3c4c65)cc2)cc1. The minimum absolute atomic E-state index is 1.24. The predicted octanol–water partition coefficient (Wildman–Crippen LogP) is 12.5. The van der Waals surface area contributed by atoms with Crippen molar-refractivity contribution in [3.63, 3.8) is 0 Å². The Kier molecular flexibility index (Phi) is 4.81. The quantitative estimate of drug-likeness (QED) is 0.191. The van der Waals surface area contributed by atoms with Gasteiger partial charge in [-0.3, -0.25) is 0 Å². The van der Waals surface area contributed by atoms with Crippen molar-refractivity contribution in [3.05, 3.63) is 158 Å². The summed E-state index contributed by atoms with van der Waals surface area (Å²) in [5.74, 6) is 0. The molecule has 0 saturated carbocycles. The van der Waals surface area contributed by atoms with Crippen LogP contribution in [0.5, 0.6) is 0 Å². The molecule has 10 rings (SSSR count). The number of hydrogen-bond acceptors (Lipinski definition) is 0. The van der Waals surface area contributed by atoms with Crippen LogP contribution in [-0.4, -0.2) is 0 Å². The third-order valence-electron chi connectivity index (χ3n) is 9.79. The summed E-state index contributed by atoms with van der Waals surface area (Å²) in [7, 11) is 0. The molecule has 0 aliphatic carbocycles. The van der Waals surface area contributed by atoms with Crippen molar-refractivity contribution in [1.29, 1.82) is 0 Å². The molecular formula is C44H26. The minimum atomic E-state index is 1.24. The third-order valence-corrected chi connectivity index (χ3v) is 9.79. The van der Waals surface area contributed by atoms with Crippen LogP contribution >= 0.6 is 0 Å². The first kappa shape index (κ1) is 23.8. The van der Waals surface area contributed by atoms with Gasteiger partial charge < -0.3 is 0 Å². The highest BCUT2D eigenvalue weighted by Gasteiger charge is 2.17. The smallest absolute Gasteiger partial charge is 0.00203 e. The van der Waals surface area contributed by atoms with Crippen LogP contribution in [0.2, 0.25) is 0 Å². The summed E-state index contributed by atoms with van der Waals surface area (Å²) in [4.78, 5) is 0. The van der Waals surface area contributed by atoms with Crippen molar-refractivity contribution in [2.75, 3.05) is 0 Å². The maximum absolute atomic E-state index is 2.34. The summed E-state index contributed by atoms with van der Waals surface area (Å²) in [6.45, 7) is 0. The van der Waals surface area contributed by atoms with Gasteiger partial charge >= 0.3 is 0 Å². The molecule has 0 amide bonds. The van der Waals surface area contributed by atoms with Gasteiger partial charge in [0, 0.05) is 0 Å². The van der Waals surface area contributed by atoms with Gasteiger partial charge in [-0.15, -0.1) is 0 Å². The van der Waals surface area contributed by atoms with Crippen molar-refractivity contribution < 1.29 is 0 Å². The molecule has 0 spiro atoms. The molecule has 10 aromatic carbocycles. The zero-order valence-electron chi connectivity index (χ0n) is 24.0. The Morgan fingerprint density at radius 2 is 0.591 bits per heavy atom. The lowest BCUT2D eigenvalue weighted by molar-refractivity contribution is 1.61. The van der Waals surface area contributed by atoms with Crippen LogP contribution in [0, 0.1) is 0 Å². The van der Waals surface area contributed by atoms with Gasteiger partial charge in [-0.1, -0.05) is 158 Å². The largest absolute Gasteiger partial charge is 0.0622 e. The molecule has 0 bridgehead atoms. The Morgan fingerprint density at radius 3 is 1.16 bits per heavy atom.